The van der Waals surface area contributed by atoms with Crippen molar-refractivity contribution in [2.24, 2.45) is 11.3 Å². The van der Waals surface area contributed by atoms with E-state index in [1.807, 2.05) is 0 Å². The second-order valence-electron chi connectivity index (χ2n) is 8.40. The Morgan fingerprint density at radius 1 is 1.27 bits per heavy atom. The minimum Gasteiger partial charge on any atom is -0.316 e. The van der Waals surface area contributed by atoms with Gasteiger partial charge in [-0.3, -0.25) is 0 Å². The zero-order valence-electron chi connectivity index (χ0n) is 14.6. The second kappa shape index (κ2) is 5.41. The predicted molar refractivity (Wildman–Crippen MR) is 93.1 cm³/mol. The maximum Gasteiger partial charge on any atom is 0.220 e. The van der Waals surface area contributed by atoms with Crippen LogP contribution in [0.5, 0.6) is 0 Å². The van der Waals surface area contributed by atoms with Gasteiger partial charge in [0, 0.05) is 5.41 Å². The van der Waals surface area contributed by atoms with Crippen LogP contribution in [0.4, 0.5) is 0 Å². The van der Waals surface area contributed by atoms with Gasteiger partial charge in [0.05, 0.1) is 0 Å². The van der Waals surface area contributed by atoms with Crippen molar-refractivity contribution in [2.45, 2.75) is 71.1 Å². The molecule has 3 atom stereocenters. The molecular weight excluding hydrogens is 266 g/mol. The molecule has 0 radical (unpaired) electrons. The van der Waals surface area contributed by atoms with Gasteiger partial charge < -0.3 is 4.85 Å². The Labute approximate surface area is 135 Å². The largest absolute Gasteiger partial charge is 0.316 e. The third-order valence-electron chi connectivity index (χ3n) is 6.61. The van der Waals surface area contributed by atoms with E-state index in [4.69, 9.17) is 6.57 Å². The molecule has 118 valence electrons. The van der Waals surface area contributed by atoms with Crippen LogP contribution in [0.1, 0.15) is 76.0 Å². The van der Waals surface area contributed by atoms with Crippen LogP contribution in [0.25, 0.3) is 4.85 Å². The summed E-state index contributed by atoms with van der Waals surface area (Å²) in [5.74, 6) is 1.27. The van der Waals surface area contributed by atoms with Gasteiger partial charge in [0.2, 0.25) is 6.54 Å². The molecule has 0 saturated heterocycles. The Bertz CT molecular complexity index is 609. The summed E-state index contributed by atoms with van der Waals surface area (Å²) in [6.45, 7) is 17.5. The third kappa shape index (κ3) is 2.28. The Hall–Kier alpha value is -1.29. The number of benzene rings is 1. The smallest absolute Gasteiger partial charge is 0.220 e. The molecule has 22 heavy (non-hydrogen) atoms. The first-order valence-electron chi connectivity index (χ1n) is 8.87. The van der Waals surface area contributed by atoms with Crippen LogP contribution < -0.4 is 0 Å². The standard InChI is InChI=1S/C21H29N/c1-15(2)16-7-9-18-17(13-16)8-10-19-20(3,14-22-5)11-6-12-21(18,19)4/h7,9,13,15,19H,6,8,10-12,14H2,1-4H3/t19-,20-,21+/m0/s1. The van der Waals surface area contributed by atoms with E-state index in [0.29, 0.717) is 18.4 Å². The fourth-order valence-electron chi connectivity index (χ4n) is 5.37. The van der Waals surface area contributed by atoms with Crippen molar-refractivity contribution in [3.63, 3.8) is 0 Å². The van der Waals surface area contributed by atoms with Gasteiger partial charge in [0.15, 0.2) is 0 Å². The van der Waals surface area contributed by atoms with Gasteiger partial charge in [-0.05, 0) is 59.6 Å². The quantitative estimate of drug-likeness (QED) is 0.613. The first-order chi connectivity index (χ1) is 10.4. The third-order valence-corrected chi connectivity index (χ3v) is 6.61. The lowest BCUT2D eigenvalue weighted by Gasteiger charge is -2.53. The number of rotatable bonds is 2. The van der Waals surface area contributed by atoms with Gasteiger partial charge in [-0.15, -0.1) is 0 Å². The molecule has 1 nitrogen and oxygen atoms in total. The highest BCUT2D eigenvalue weighted by Gasteiger charge is 2.53. The molecule has 0 N–H and O–H groups in total. The molecule has 1 aromatic rings. The number of hydrogen-bond donors (Lipinski definition) is 0. The van der Waals surface area contributed by atoms with E-state index in [0.717, 1.165) is 0 Å². The summed E-state index contributed by atoms with van der Waals surface area (Å²) in [4.78, 5) is 3.80. The molecule has 1 aromatic carbocycles. The zero-order chi connectivity index (χ0) is 16.0. The molecule has 0 unspecified atom stereocenters. The average Bonchev–Trinajstić information content (AvgIpc) is 2.46. The summed E-state index contributed by atoms with van der Waals surface area (Å²) in [5.41, 5.74) is 5.13. The summed E-state index contributed by atoms with van der Waals surface area (Å²) in [5, 5.41) is 0. The maximum atomic E-state index is 7.38. The topological polar surface area (TPSA) is 4.36 Å². The number of aryl methyl sites for hydroxylation is 1. The van der Waals surface area contributed by atoms with E-state index in [1.165, 1.54) is 37.7 Å². The monoisotopic (exact) mass is 295 g/mol. The highest BCUT2D eigenvalue weighted by atomic mass is 14.7. The normalized spacial score (nSPS) is 33.9. The van der Waals surface area contributed by atoms with Crippen LogP contribution >= 0.6 is 0 Å². The molecule has 1 fully saturated rings. The minimum atomic E-state index is 0.211. The van der Waals surface area contributed by atoms with Crippen LogP contribution in [0.2, 0.25) is 0 Å². The SMILES string of the molecule is [C-]#[N+]C[C@]1(C)CCC[C@]2(C)c3ccc(C(C)C)cc3CC[C@@H]12. The van der Waals surface area contributed by atoms with E-state index >= 15 is 0 Å². The molecular formula is C21H29N. The average molecular weight is 295 g/mol. The lowest BCUT2D eigenvalue weighted by atomic mass is 9.50. The molecule has 0 heterocycles. The Morgan fingerprint density at radius 2 is 2.05 bits per heavy atom. The van der Waals surface area contributed by atoms with Crippen molar-refractivity contribution in [3.8, 4) is 0 Å². The van der Waals surface area contributed by atoms with E-state index in [-0.39, 0.29) is 10.8 Å². The van der Waals surface area contributed by atoms with Crippen LogP contribution in [0.3, 0.4) is 0 Å². The van der Waals surface area contributed by atoms with Gasteiger partial charge in [0.1, 0.15) is 0 Å². The van der Waals surface area contributed by atoms with Gasteiger partial charge in [0.25, 0.3) is 0 Å². The second-order valence-corrected chi connectivity index (χ2v) is 8.40. The summed E-state index contributed by atoms with van der Waals surface area (Å²) in [7, 11) is 0. The highest BCUT2D eigenvalue weighted by Crippen LogP contribution is 2.57. The highest BCUT2D eigenvalue weighted by molar-refractivity contribution is 5.42. The first kappa shape index (κ1) is 15.6. The van der Waals surface area contributed by atoms with Gasteiger partial charge in [-0.2, -0.15) is 0 Å². The molecule has 0 spiro atoms. The summed E-state index contributed by atoms with van der Waals surface area (Å²) in [6.07, 6.45) is 6.25. The van der Waals surface area contributed by atoms with Crippen molar-refractivity contribution in [2.75, 3.05) is 6.54 Å². The predicted octanol–water partition coefficient (Wildman–Crippen LogP) is 5.74. The van der Waals surface area contributed by atoms with Crippen molar-refractivity contribution in [1.82, 2.24) is 0 Å². The summed E-state index contributed by atoms with van der Waals surface area (Å²) < 4.78 is 0. The van der Waals surface area contributed by atoms with Crippen molar-refractivity contribution in [1.29, 1.82) is 0 Å². The molecule has 1 saturated carbocycles. The Kier molecular flexibility index (Phi) is 3.84. The fraction of sp³-hybridized carbons (Fsp3) is 0.667. The summed E-state index contributed by atoms with van der Waals surface area (Å²) in [6, 6.07) is 7.22. The molecule has 0 bridgehead atoms. The number of hydrogen-bond acceptors (Lipinski definition) is 0. The number of nitrogens with zero attached hydrogens (tertiary/aromatic N) is 1. The Balaban J connectivity index is 2.04. The van der Waals surface area contributed by atoms with Gasteiger partial charge in [-0.25, -0.2) is 6.57 Å². The molecule has 0 aromatic heterocycles. The molecule has 1 heteroatoms. The Morgan fingerprint density at radius 3 is 2.73 bits per heavy atom. The van der Waals surface area contributed by atoms with E-state index in [2.05, 4.69) is 50.7 Å². The van der Waals surface area contributed by atoms with Crippen molar-refractivity contribution in [3.05, 3.63) is 46.3 Å². The van der Waals surface area contributed by atoms with E-state index < -0.39 is 0 Å². The van der Waals surface area contributed by atoms with Crippen molar-refractivity contribution < 1.29 is 0 Å². The van der Waals surface area contributed by atoms with Crippen LogP contribution in [0.15, 0.2) is 18.2 Å². The van der Waals surface area contributed by atoms with Gasteiger partial charge >= 0.3 is 0 Å². The summed E-state index contributed by atoms with van der Waals surface area (Å²) >= 11 is 0. The lowest BCUT2D eigenvalue weighted by Crippen LogP contribution is -2.50. The van der Waals surface area contributed by atoms with Gasteiger partial charge in [-0.1, -0.05) is 52.3 Å². The zero-order valence-corrected chi connectivity index (χ0v) is 14.6. The molecule has 3 rings (SSSR count). The van der Waals surface area contributed by atoms with E-state index in [9.17, 15) is 0 Å². The minimum absolute atomic E-state index is 0.211. The molecule has 0 aliphatic heterocycles. The maximum absolute atomic E-state index is 7.38. The van der Waals surface area contributed by atoms with Crippen LogP contribution in [-0.4, -0.2) is 6.54 Å². The lowest BCUT2D eigenvalue weighted by molar-refractivity contribution is 0.0384. The fourth-order valence-corrected chi connectivity index (χ4v) is 5.37. The molecule has 0 amide bonds. The number of fused-ring (bicyclic) bond motifs is 3. The molecule has 2 aliphatic rings. The van der Waals surface area contributed by atoms with E-state index in [1.54, 1.807) is 11.1 Å². The van der Waals surface area contributed by atoms with Crippen LogP contribution in [0, 0.1) is 17.9 Å². The van der Waals surface area contributed by atoms with Crippen LogP contribution in [-0.2, 0) is 11.8 Å². The molecule has 2 aliphatic carbocycles. The van der Waals surface area contributed by atoms with Crippen molar-refractivity contribution >= 4 is 0 Å². The first-order valence-corrected chi connectivity index (χ1v) is 8.87.